The zero-order valence-electron chi connectivity index (χ0n) is 10.6. The molecule has 3 N–H and O–H groups in total. The van der Waals surface area contributed by atoms with Crippen LogP contribution in [0.1, 0.15) is 23.8 Å². The molecule has 100 valence electrons. The van der Waals surface area contributed by atoms with E-state index < -0.39 is 0 Å². The quantitative estimate of drug-likeness (QED) is 0.772. The number of aliphatic hydroxyl groups excluding tert-OH is 1. The zero-order valence-corrected chi connectivity index (χ0v) is 10.6. The molecule has 0 aromatic carbocycles. The summed E-state index contributed by atoms with van der Waals surface area (Å²) < 4.78 is 1.81. The Bertz CT molecular complexity index is 418. The van der Waals surface area contributed by atoms with Crippen LogP contribution in [0.2, 0.25) is 0 Å². The van der Waals surface area contributed by atoms with Crippen molar-refractivity contribution >= 4 is 5.91 Å². The van der Waals surface area contributed by atoms with Gasteiger partial charge in [0.25, 0.3) is 5.91 Å². The summed E-state index contributed by atoms with van der Waals surface area (Å²) >= 11 is 0. The van der Waals surface area contributed by atoms with Crippen LogP contribution in [0.25, 0.3) is 0 Å². The minimum absolute atomic E-state index is 0.0653. The monoisotopic (exact) mass is 252 g/mol. The summed E-state index contributed by atoms with van der Waals surface area (Å²) in [5, 5.41) is 9.65. The number of carbonyl (C=O) groups is 1. The highest BCUT2D eigenvalue weighted by atomic mass is 16.3. The van der Waals surface area contributed by atoms with Crippen molar-refractivity contribution in [2.45, 2.75) is 26.0 Å². The number of hydrogen-bond acceptors (Lipinski definition) is 4. The van der Waals surface area contributed by atoms with Gasteiger partial charge in [0.15, 0.2) is 0 Å². The van der Waals surface area contributed by atoms with Crippen molar-refractivity contribution in [2.75, 3.05) is 19.6 Å². The molecule has 1 amide bonds. The first-order valence-electron chi connectivity index (χ1n) is 6.31. The van der Waals surface area contributed by atoms with Crippen molar-refractivity contribution in [3.05, 3.63) is 18.2 Å². The molecule has 1 fully saturated rings. The lowest BCUT2D eigenvalue weighted by Gasteiger charge is -2.33. The Balaban J connectivity index is 2.02. The lowest BCUT2D eigenvalue weighted by molar-refractivity contribution is 0.0294. The minimum Gasteiger partial charge on any atom is -0.393 e. The van der Waals surface area contributed by atoms with Crippen LogP contribution in [0.5, 0.6) is 0 Å². The Hall–Kier alpha value is -1.40. The van der Waals surface area contributed by atoms with Gasteiger partial charge in [-0.05, 0) is 12.3 Å². The number of nitrogens with zero attached hydrogens (tertiary/aromatic N) is 3. The Morgan fingerprint density at radius 3 is 3.11 bits per heavy atom. The zero-order chi connectivity index (χ0) is 13.1. The third kappa shape index (κ3) is 2.70. The highest BCUT2D eigenvalue weighted by Crippen LogP contribution is 2.18. The van der Waals surface area contributed by atoms with Gasteiger partial charge in [-0.25, -0.2) is 4.98 Å². The number of piperidine rings is 1. The molecule has 1 saturated heterocycles. The number of carbonyl (C=O) groups excluding carboxylic acids is 1. The van der Waals surface area contributed by atoms with Crippen LogP contribution in [0.4, 0.5) is 0 Å². The van der Waals surface area contributed by atoms with E-state index >= 15 is 0 Å². The van der Waals surface area contributed by atoms with E-state index in [1.54, 1.807) is 17.4 Å². The molecule has 0 bridgehead atoms. The van der Waals surface area contributed by atoms with Gasteiger partial charge in [-0.1, -0.05) is 6.92 Å². The maximum Gasteiger partial charge on any atom is 0.274 e. The Labute approximate surface area is 106 Å². The standard InChI is InChI=1S/C12H20N4O2/c1-9-6-16(4-2-11(9)17)12(18)10-7-15(5-3-13)8-14-10/h7-9,11,17H,2-6,13H2,1H3. The smallest absolute Gasteiger partial charge is 0.274 e. The van der Waals surface area contributed by atoms with E-state index in [2.05, 4.69) is 4.98 Å². The van der Waals surface area contributed by atoms with Crippen molar-refractivity contribution in [3.63, 3.8) is 0 Å². The van der Waals surface area contributed by atoms with Crippen LogP contribution >= 0.6 is 0 Å². The number of aromatic nitrogens is 2. The minimum atomic E-state index is -0.302. The molecule has 0 radical (unpaired) electrons. The number of hydrogen-bond donors (Lipinski definition) is 2. The maximum atomic E-state index is 12.2. The second kappa shape index (κ2) is 5.49. The topological polar surface area (TPSA) is 84.4 Å². The fourth-order valence-corrected chi connectivity index (χ4v) is 2.22. The Kier molecular flexibility index (Phi) is 3.98. The second-order valence-electron chi connectivity index (χ2n) is 4.87. The number of imidazole rings is 1. The molecule has 2 heterocycles. The molecule has 2 rings (SSSR count). The van der Waals surface area contributed by atoms with Crippen LogP contribution in [0.15, 0.2) is 12.5 Å². The molecule has 1 aliphatic rings. The van der Waals surface area contributed by atoms with E-state index in [1.807, 2.05) is 11.5 Å². The van der Waals surface area contributed by atoms with Crippen molar-refractivity contribution in [2.24, 2.45) is 11.7 Å². The molecule has 2 atom stereocenters. The van der Waals surface area contributed by atoms with E-state index in [0.717, 1.165) is 0 Å². The van der Waals surface area contributed by atoms with Gasteiger partial charge in [0, 0.05) is 32.4 Å². The summed E-state index contributed by atoms with van der Waals surface area (Å²) in [7, 11) is 0. The van der Waals surface area contributed by atoms with Crippen molar-refractivity contribution in [3.8, 4) is 0 Å². The van der Waals surface area contributed by atoms with E-state index in [0.29, 0.717) is 38.3 Å². The van der Waals surface area contributed by atoms with E-state index in [-0.39, 0.29) is 17.9 Å². The third-order valence-electron chi connectivity index (χ3n) is 3.39. The largest absolute Gasteiger partial charge is 0.393 e. The summed E-state index contributed by atoms with van der Waals surface area (Å²) in [4.78, 5) is 18.1. The Morgan fingerprint density at radius 2 is 2.44 bits per heavy atom. The first kappa shape index (κ1) is 13.0. The van der Waals surface area contributed by atoms with Gasteiger partial charge in [0.05, 0.1) is 12.4 Å². The molecule has 2 unspecified atom stereocenters. The number of aliphatic hydroxyl groups is 1. The fraction of sp³-hybridized carbons (Fsp3) is 0.667. The van der Waals surface area contributed by atoms with Gasteiger partial charge in [-0.2, -0.15) is 0 Å². The molecule has 6 heteroatoms. The highest BCUT2D eigenvalue weighted by Gasteiger charge is 2.28. The van der Waals surface area contributed by atoms with Gasteiger partial charge >= 0.3 is 0 Å². The maximum absolute atomic E-state index is 12.2. The van der Waals surface area contributed by atoms with Gasteiger partial charge in [0.2, 0.25) is 0 Å². The summed E-state index contributed by atoms with van der Waals surface area (Å²) in [6.07, 6.45) is 3.69. The molecular formula is C12H20N4O2. The summed E-state index contributed by atoms with van der Waals surface area (Å²) in [6, 6.07) is 0. The SMILES string of the molecule is CC1CN(C(=O)c2cn(CCN)cn2)CCC1O. The number of likely N-dealkylation sites (tertiary alicyclic amines) is 1. The molecule has 1 aromatic heterocycles. The van der Waals surface area contributed by atoms with Crippen LogP contribution in [0.3, 0.4) is 0 Å². The van der Waals surface area contributed by atoms with Crippen LogP contribution in [-0.4, -0.2) is 51.2 Å². The second-order valence-corrected chi connectivity index (χ2v) is 4.87. The first-order valence-corrected chi connectivity index (χ1v) is 6.31. The molecule has 0 spiro atoms. The van der Waals surface area contributed by atoms with Crippen molar-refractivity contribution in [1.29, 1.82) is 0 Å². The summed E-state index contributed by atoms with van der Waals surface area (Å²) in [6.45, 7) is 4.32. The van der Waals surface area contributed by atoms with E-state index in [1.165, 1.54) is 0 Å². The summed E-state index contributed by atoms with van der Waals surface area (Å²) in [5.74, 6) is 0.0540. The summed E-state index contributed by atoms with van der Waals surface area (Å²) in [5.41, 5.74) is 5.90. The number of rotatable bonds is 3. The van der Waals surface area contributed by atoms with Crippen LogP contribution in [0, 0.1) is 5.92 Å². The molecule has 1 aromatic rings. The van der Waals surface area contributed by atoms with Gasteiger partial charge in [-0.3, -0.25) is 4.79 Å². The molecule has 0 aliphatic carbocycles. The van der Waals surface area contributed by atoms with Crippen molar-refractivity contribution < 1.29 is 9.90 Å². The van der Waals surface area contributed by atoms with Gasteiger partial charge < -0.3 is 20.3 Å². The molecule has 0 saturated carbocycles. The fourth-order valence-electron chi connectivity index (χ4n) is 2.22. The molecule has 6 nitrogen and oxygen atoms in total. The van der Waals surface area contributed by atoms with Crippen molar-refractivity contribution in [1.82, 2.24) is 14.5 Å². The normalized spacial score (nSPS) is 24.3. The molecule has 18 heavy (non-hydrogen) atoms. The number of amides is 1. The average molecular weight is 252 g/mol. The third-order valence-corrected chi connectivity index (χ3v) is 3.39. The predicted molar refractivity (Wildman–Crippen MR) is 67.0 cm³/mol. The van der Waals surface area contributed by atoms with E-state index in [9.17, 15) is 9.90 Å². The lowest BCUT2D eigenvalue weighted by atomic mass is 9.96. The Morgan fingerprint density at radius 1 is 1.67 bits per heavy atom. The van der Waals surface area contributed by atoms with Crippen LogP contribution in [-0.2, 0) is 6.54 Å². The van der Waals surface area contributed by atoms with Crippen LogP contribution < -0.4 is 5.73 Å². The predicted octanol–water partition coefficient (Wildman–Crippen LogP) is -0.315. The number of nitrogens with two attached hydrogens (primary N) is 1. The highest BCUT2D eigenvalue weighted by molar-refractivity contribution is 5.92. The average Bonchev–Trinajstić information content (AvgIpc) is 2.81. The van der Waals surface area contributed by atoms with Gasteiger partial charge in [-0.15, -0.1) is 0 Å². The molecule has 1 aliphatic heterocycles. The van der Waals surface area contributed by atoms with Gasteiger partial charge in [0.1, 0.15) is 5.69 Å². The first-order chi connectivity index (χ1) is 8.61. The van der Waals surface area contributed by atoms with E-state index in [4.69, 9.17) is 5.73 Å². The molecular weight excluding hydrogens is 232 g/mol. The lowest BCUT2D eigenvalue weighted by Crippen LogP contribution is -2.45.